The van der Waals surface area contributed by atoms with Gasteiger partial charge in [0.1, 0.15) is 12.2 Å². The number of carbonyl (C=O) groups excluding carboxylic acids is 2. The second-order valence-electron chi connectivity index (χ2n) is 5.11. The van der Waals surface area contributed by atoms with Crippen LogP contribution in [-0.2, 0) is 14.3 Å². The first-order valence-corrected chi connectivity index (χ1v) is 7.57. The maximum atomic E-state index is 12.4. The van der Waals surface area contributed by atoms with Crippen molar-refractivity contribution in [2.24, 2.45) is 0 Å². The maximum absolute atomic E-state index is 12.4. The molecule has 0 aliphatic carbocycles. The van der Waals surface area contributed by atoms with Crippen molar-refractivity contribution >= 4 is 35.3 Å². The van der Waals surface area contributed by atoms with Crippen molar-refractivity contribution in [3.05, 3.63) is 23.4 Å². The molecule has 1 fully saturated rings. The fraction of sp³-hybridized carbons (Fsp3) is 0.312. The van der Waals surface area contributed by atoms with E-state index >= 15 is 0 Å². The first-order chi connectivity index (χ1) is 11.8. The van der Waals surface area contributed by atoms with E-state index < -0.39 is 5.97 Å². The number of nitrogens with zero attached hydrogens (tertiary/aromatic N) is 2. The van der Waals surface area contributed by atoms with Gasteiger partial charge in [0, 0.05) is 7.05 Å². The minimum Gasteiger partial charge on any atom is -0.502 e. The number of thiocarbonyl (C=S) groups is 1. The monoisotopic (exact) mass is 366 g/mol. The number of amides is 1. The number of hydrogen-bond donors (Lipinski definition) is 1. The van der Waals surface area contributed by atoms with Gasteiger partial charge in [0.25, 0.3) is 5.91 Å². The van der Waals surface area contributed by atoms with Crippen LogP contribution in [0.25, 0.3) is 6.08 Å². The number of carbonyl (C=O) groups is 2. The number of rotatable bonds is 5. The first kappa shape index (κ1) is 18.5. The van der Waals surface area contributed by atoms with E-state index in [9.17, 15) is 14.7 Å². The van der Waals surface area contributed by atoms with Crippen LogP contribution in [0.4, 0.5) is 0 Å². The topological polar surface area (TPSA) is 88.5 Å². The number of esters is 1. The van der Waals surface area contributed by atoms with Crippen LogP contribution < -0.4 is 9.47 Å². The zero-order valence-corrected chi connectivity index (χ0v) is 15.0. The zero-order chi connectivity index (χ0) is 18.7. The average Bonchev–Trinajstić information content (AvgIpc) is 2.80. The van der Waals surface area contributed by atoms with E-state index in [2.05, 4.69) is 4.74 Å². The van der Waals surface area contributed by atoms with Crippen LogP contribution in [0.3, 0.4) is 0 Å². The smallest absolute Gasteiger partial charge is 0.325 e. The second-order valence-corrected chi connectivity index (χ2v) is 5.48. The molecule has 1 aliphatic rings. The predicted octanol–water partition coefficient (Wildman–Crippen LogP) is 0.982. The molecule has 9 heteroatoms. The SMILES string of the molecule is COC(=O)CN1C(=S)N(C)C(=O)C1=Cc1cc(OC)c(O)c(OC)c1. The molecule has 0 saturated carbocycles. The van der Waals surface area contributed by atoms with Crippen molar-refractivity contribution in [2.45, 2.75) is 0 Å². The summed E-state index contributed by atoms with van der Waals surface area (Å²) in [4.78, 5) is 26.7. The maximum Gasteiger partial charge on any atom is 0.325 e. The Kier molecular flexibility index (Phi) is 5.48. The van der Waals surface area contributed by atoms with Gasteiger partial charge in [-0.2, -0.15) is 0 Å². The highest BCUT2D eigenvalue weighted by Crippen LogP contribution is 2.38. The van der Waals surface area contributed by atoms with Crippen LogP contribution >= 0.6 is 12.2 Å². The van der Waals surface area contributed by atoms with E-state index in [1.165, 1.54) is 56.4 Å². The average molecular weight is 366 g/mol. The molecule has 0 unspecified atom stereocenters. The molecular formula is C16H18N2O6S. The summed E-state index contributed by atoms with van der Waals surface area (Å²) in [5.41, 5.74) is 0.732. The van der Waals surface area contributed by atoms with Gasteiger partial charge in [0.15, 0.2) is 16.6 Å². The second kappa shape index (κ2) is 7.39. The number of phenolic OH excluding ortho intramolecular Hbond substituents is 1. The molecule has 1 amide bonds. The Labute approximate surface area is 150 Å². The van der Waals surface area contributed by atoms with Gasteiger partial charge in [0.05, 0.1) is 21.3 Å². The highest BCUT2D eigenvalue weighted by molar-refractivity contribution is 7.80. The van der Waals surface area contributed by atoms with Gasteiger partial charge in [-0.3, -0.25) is 14.5 Å². The lowest BCUT2D eigenvalue weighted by Crippen LogP contribution is -2.33. The molecule has 0 bridgehead atoms. The normalized spacial score (nSPS) is 15.8. The van der Waals surface area contributed by atoms with Crippen molar-refractivity contribution in [1.29, 1.82) is 0 Å². The fourth-order valence-corrected chi connectivity index (χ4v) is 2.55. The molecule has 1 aromatic rings. The van der Waals surface area contributed by atoms with Crippen molar-refractivity contribution in [1.82, 2.24) is 9.80 Å². The minimum atomic E-state index is -0.530. The summed E-state index contributed by atoms with van der Waals surface area (Å²) in [7, 11) is 5.58. The van der Waals surface area contributed by atoms with E-state index in [-0.39, 0.29) is 40.5 Å². The molecule has 1 aliphatic heterocycles. The summed E-state index contributed by atoms with van der Waals surface area (Å²) in [5.74, 6) is -0.666. The fourth-order valence-electron chi connectivity index (χ4n) is 2.30. The molecule has 1 aromatic carbocycles. The van der Waals surface area contributed by atoms with Crippen molar-refractivity contribution in [2.75, 3.05) is 34.9 Å². The molecule has 8 nitrogen and oxygen atoms in total. The lowest BCUT2D eigenvalue weighted by atomic mass is 10.1. The third kappa shape index (κ3) is 3.50. The van der Waals surface area contributed by atoms with E-state index in [0.717, 1.165) is 0 Å². The Hall–Kier alpha value is -2.81. The highest BCUT2D eigenvalue weighted by atomic mass is 32.1. The number of phenols is 1. The van der Waals surface area contributed by atoms with Crippen LogP contribution in [0.2, 0.25) is 0 Å². The molecule has 134 valence electrons. The van der Waals surface area contributed by atoms with Crippen molar-refractivity contribution in [3.63, 3.8) is 0 Å². The van der Waals surface area contributed by atoms with E-state index in [4.69, 9.17) is 21.7 Å². The summed E-state index contributed by atoms with van der Waals surface area (Å²) in [6.07, 6.45) is 1.53. The van der Waals surface area contributed by atoms with Gasteiger partial charge in [0.2, 0.25) is 5.75 Å². The molecule has 0 radical (unpaired) electrons. The predicted molar refractivity (Wildman–Crippen MR) is 93.3 cm³/mol. The van der Waals surface area contributed by atoms with Crippen molar-refractivity contribution < 1.29 is 28.9 Å². The molecule has 1 N–H and O–H groups in total. The van der Waals surface area contributed by atoms with E-state index in [1.54, 1.807) is 0 Å². The van der Waals surface area contributed by atoms with Crippen molar-refractivity contribution in [3.8, 4) is 17.2 Å². The summed E-state index contributed by atoms with van der Waals surface area (Å²) < 4.78 is 14.9. The third-order valence-electron chi connectivity index (χ3n) is 3.65. The summed E-state index contributed by atoms with van der Waals surface area (Å²) in [5, 5.41) is 10.2. The van der Waals surface area contributed by atoms with Crippen LogP contribution in [0.15, 0.2) is 17.8 Å². The van der Waals surface area contributed by atoms with E-state index in [1.807, 2.05) is 0 Å². The first-order valence-electron chi connectivity index (χ1n) is 7.17. The Morgan fingerprint density at radius 2 is 1.80 bits per heavy atom. The molecule has 2 rings (SSSR count). The Morgan fingerprint density at radius 1 is 1.24 bits per heavy atom. The number of aromatic hydroxyl groups is 1. The Morgan fingerprint density at radius 3 is 2.28 bits per heavy atom. The molecule has 0 spiro atoms. The molecular weight excluding hydrogens is 348 g/mol. The van der Waals surface area contributed by atoms with Gasteiger partial charge in [-0.25, -0.2) is 0 Å². The van der Waals surface area contributed by atoms with Gasteiger partial charge in [-0.05, 0) is 36.0 Å². The molecule has 0 atom stereocenters. The number of hydrogen-bond acceptors (Lipinski definition) is 7. The minimum absolute atomic E-state index is 0.149. The summed E-state index contributed by atoms with van der Waals surface area (Å²) in [6, 6.07) is 3.08. The number of ether oxygens (including phenoxy) is 3. The quantitative estimate of drug-likeness (QED) is 0.469. The largest absolute Gasteiger partial charge is 0.502 e. The number of benzene rings is 1. The highest BCUT2D eigenvalue weighted by Gasteiger charge is 2.36. The summed E-state index contributed by atoms with van der Waals surface area (Å²) in [6.45, 7) is -0.191. The van der Waals surface area contributed by atoms with Gasteiger partial charge in [-0.1, -0.05) is 0 Å². The lowest BCUT2D eigenvalue weighted by molar-refractivity contribution is -0.140. The van der Waals surface area contributed by atoms with Crippen LogP contribution in [0.5, 0.6) is 17.2 Å². The van der Waals surface area contributed by atoms with Crippen LogP contribution in [0.1, 0.15) is 5.56 Å². The van der Waals surface area contributed by atoms with Gasteiger partial charge >= 0.3 is 5.97 Å². The molecule has 0 aromatic heterocycles. The number of methoxy groups -OCH3 is 3. The zero-order valence-electron chi connectivity index (χ0n) is 14.2. The lowest BCUT2D eigenvalue weighted by Gasteiger charge is -2.17. The molecule has 1 saturated heterocycles. The Balaban J connectivity index is 2.51. The Bertz CT molecular complexity index is 736. The van der Waals surface area contributed by atoms with Gasteiger partial charge < -0.3 is 24.2 Å². The molecule has 1 heterocycles. The summed E-state index contributed by atoms with van der Waals surface area (Å²) >= 11 is 5.21. The third-order valence-corrected chi connectivity index (χ3v) is 4.15. The van der Waals surface area contributed by atoms with E-state index in [0.29, 0.717) is 5.56 Å². The number of likely N-dealkylation sites (N-methyl/N-ethyl adjacent to an activating group) is 1. The standard InChI is InChI=1S/C16H18N2O6S/c1-17-15(21)10(18(16(17)25)8-13(19)24-4)5-9-6-11(22-2)14(20)12(7-9)23-3/h5-7,20H,8H2,1-4H3. The van der Waals surface area contributed by atoms with Crippen LogP contribution in [0, 0.1) is 0 Å². The molecule has 25 heavy (non-hydrogen) atoms. The van der Waals surface area contributed by atoms with Crippen LogP contribution in [-0.4, -0.2) is 66.8 Å². The van der Waals surface area contributed by atoms with Gasteiger partial charge in [-0.15, -0.1) is 0 Å².